The van der Waals surface area contributed by atoms with Crippen molar-refractivity contribution in [3.05, 3.63) is 59.5 Å². The van der Waals surface area contributed by atoms with Crippen molar-refractivity contribution in [2.24, 2.45) is 5.92 Å². The van der Waals surface area contributed by atoms with Gasteiger partial charge in [0.1, 0.15) is 5.01 Å². The first-order valence-electron chi connectivity index (χ1n) is 10.2. The maximum atomic E-state index is 12.6. The molecule has 30 heavy (non-hydrogen) atoms. The molecule has 1 aromatic heterocycles. The first-order chi connectivity index (χ1) is 14.5. The van der Waals surface area contributed by atoms with E-state index in [9.17, 15) is 9.59 Å². The molecule has 0 spiro atoms. The summed E-state index contributed by atoms with van der Waals surface area (Å²) in [7, 11) is 0. The standard InChI is InChI=1S/C24H25N3O2S/c1-16-5-3-4-6-21(16)24-26-22(15-30-24)18-7-9-20(10-8-18)25-23(29)19-11-13-27(14-12-19)17(2)28/h3-10,15,19H,11-14H2,1-2H3,(H,25,29). The lowest BCUT2D eigenvalue weighted by atomic mass is 9.95. The van der Waals surface area contributed by atoms with Gasteiger partial charge in [0.25, 0.3) is 0 Å². The third-order valence-electron chi connectivity index (χ3n) is 5.64. The minimum atomic E-state index is -0.0458. The highest BCUT2D eigenvalue weighted by Gasteiger charge is 2.26. The molecule has 5 nitrogen and oxygen atoms in total. The summed E-state index contributed by atoms with van der Waals surface area (Å²) in [5, 5.41) is 6.09. The Bertz CT molecular complexity index is 1050. The van der Waals surface area contributed by atoms with Crippen LogP contribution in [0.1, 0.15) is 25.3 Å². The number of carbonyl (C=O) groups is 2. The van der Waals surface area contributed by atoms with E-state index in [0.717, 1.165) is 27.5 Å². The number of benzene rings is 2. The van der Waals surface area contributed by atoms with Crippen molar-refractivity contribution in [1.29, 1.82) is 0 Å². The van der Waals surface area contributed by atoms with E-state index < -0.39 is 0 Å². The topological polar surface area (TPSA) is 62.3 Å². The highest BCUT2D eigenvalue weighted by atomic mass is 32.1. The lowest BCUT2D eigenvalue weighted by Crippen LogP contribution is -2.40. The summed E-state index contributed by atoms with van der Waals surface area (Å²) < 4.78 is 0. The lowest BCUT2D eigenvalue weighted by Gasteiger charge is -2.30. The van der Waals surface area contributed by atoms with Gasteiger partial charge in [-0.1, -0.05) is 36.4 Å². The van der Waals surface area contributed by atoms with Gasteiger partial charge in [-0.05, 0) is 37.5 Å². The average Bonchev–Trinajstić information content (AvgIpc) is 3.24. The predicted octanol–water partition coefficient (Wildman–Crippen LogP) is 4.98. The molecular formula is C24H25N3O2S. The van der Waals surface area contributed by atoms with E-state index in [0.29, 0.717) is 25.9 Å². The average molecular weight is 420 g/mol. The zero-order valence-corrected chi connectivity index (χ0v) is 18.0. The highest BCUT2D eigenvalue weighted by molar-refractivity contribution is 7.13. The number of aromatic nitrogens is 1. The van der Waals surface area contributed by atoms with Crippen molar-refractivity contribution in [2.75, 3.05) is 18.4 Å². The van der Waals surface area contributed by atoms with E-state index >= 15 is 0 Å². The molecule has 3 aromatic rings. The van der Waals surface area contributed by atoms with Crippen LogP contribution in [-0.2, 0) is 9.59 Å². The van der Waals surface area contributed by atoms with Crippen molar-refractivity contribution < 1.29 is 9.59 Å². The Morgan fingerprint density at radius 1 is 1.07 bits per heavy atom. The number of carbonyl (C=O) groups excluding carboxylic acids is 2. The van der Waals surface area contributed by atoms with Gasteiger partial charge in [0.05, 0.1) is 5.69 Å². The smallest absolute Gasteiger partial charge is 0.227 e. The van der Waals surface area contributed by atoms with Crippen LogP contribution in [0.3, 0.4) is 0 Å². The Morgan fingerprint density at radius 3 is 2.43 bits per heavy atom. The summed E-state index contributed by atoms with van der Waals surface area (Å²) >= 11 is 1.64. The molecule has 1 saturated heterocycles. The maximum absolute atomic E-state index is 12.6. The summed E-state index contributed by atoms with van der Waals surface area (Å²) in [5.74, 6) is 0.0639. The molecule has 0 saturated carbocycles. The van der Waals surface area contributed by atoms with Crippen LogP contribution in [0, 0.1) is 12.8 Å². The Labute approximate surface area is 180 Å². The number of nitrogens with zero attached hydrogens (tertiary/aromatic N) is 2. The van der Waals surface area contributed by atoms with Crippen LogP contribution in [-0.4, -0.2) is 34.8 Å². The van der Waals surface area contributed by atoms with E-state index in [1.165, 1.54) is 5.56 Å². The second-order valence-corrected chi connectivity index (χ2v) is 8.56. The molecule has 0 bridgehead atoms. The molecule has 0 atom stereocenters. The predicted molar refractivity (Wildman–Crippen MR) is 121 cm³/mol. The van der Waals surface area contributed by atoms with Gasteiger partial charge in [-0.2, -0.15) is 0 Å². The highest BCUT2D eigenvalue weighted by Crippen LogP contribution is 2.31. The molecule has 4 rings (SSSR count). The van der Waals surface area contributed by atoms with Crippen molar-refractivity contribution in [3.63, 3.8) is 0 Å². The Morgan fingerprint density at radius 2 is 1.77 bits per heavy atom. The zero-order valence-electron chi connectivity index (χ0n) is 17.2. The van der Waals surface area contributed by atoms with Gasteiger partial charge in [0, 0.05) is 48.1 Å². The SMILES string of the molecule is CC(=O)N1CCC(C(=O)Nc2ccc(-c3csc(-c4ccccc4C)n3)cc2)CC1. The van der Waals surface area contributed by atoms with Crippen molar-refractivity contribution in [3.8, 4) is 21.8 Å². The molecule has 1 N–H and O–H groups in total. The van der Waals surface area contributed by atoms with Crippen LogP contribution in [0.5, 0.6) is 0 Å². The lowest BCUT2D eigenvalue weighted by molar-refractivity contribution is -0.132. The van der Waals surface area contributed by atoms with Crippen molar-refractivity contribution in [2.45, 2.75) is 26.7 Å². The molecule has 1 fully saturated rings. The number of nitrogens with one attached hydrogen (secondary N) is 1. The zero-order chi connectivity index (χ0) is 21.1. The van der Waals surface area contributed by atoms with Crippen molar-refractivity contribution >= 4 is 28.8 Å². The van der Waals surface area contributed by atoms with E-state index in [1.54, 1.807) is 23.2 Å². The number of aryl methyl sites for hydroxylation is 1. The normalized spacial score (nSPS) is 14.5. The third-order valence-corrected chi connectivity index (χ3v) is 6.51. The van der Waals surface area contributed by atoms with Crippen LogP contribution < -0.4 is 5.32 Å². The number of rotatable bonds is 4. The molecular weight excluding hydrogens is 394 g/mol. The molecule has 0 unspecified atom stereocenters. The van der Waals surface area contributed by atoms with Gasteiger partial charge in [-0.3, -0.25) is 9.59 Å². The quantitative estimate of drug-likeness (QED) is 0.649. The van der Waals surface area contributed by atoms with Gasteiger partial charge in [0.15, 0.2) is 0 Å². The van der Waals surface area contributed by atoms with Gasteiger partial charge in [-0.25, -0.2) is 4.98 Å². The number of likely N-dealkylation sites (tertiary alicyclic amines) is 1. The van der Waals surface area contributed by atoms with Gasteiger partial charge in [-0.15, -0.1) is 11.3 Å². The van der Waals surface area contributed by atoms with Crippen LogP contribution in [0.4, 0.5) is 5.69 Å². The first kappa shape index (κ1) is 20.3. The summed E-state index contributed by atoms with van der Waals surface area (Å²) in [4.78, 5) is 30.6. The second kappa shape index (κ2) is 8.79. The van der Waals surface area contributed by atoms with Crippen LogP contribution in [0.25, 0.3) is 21.8 Å². The maximum Gasteiger partial charge on any atom is 0.227 e. The summed E-state index contributed by atoms with van der Waals surface area (Å²) in [5.41, 5.74) is 5.12. The Kier molecular flexibility index (Phi) is 5.95. The molecule has 2 aromatic carbocycles. The van der Waals surface area contributed by atoms with Crippen molar-refractivity contribution in [1.82, 2.24) is 9.88 Å². The van der Waals surface area contributed by atoms with Gasteiger partial charge < -0.3 is 10.2 Å². The summed E-state index contributed by atoms with van der Waals surface area (Å²) in [6, 6.07) is 16.1. The van der Waals surface area contributed by atoms with Crippen LogP contribution in [0.2, 0.25) is 0 Å². The van der Waals surface area contributed by atoms with E-state index in [-0.39, 0.29) is 17.7 Å². The first-order valence-corrected chi connectivity index (χ1v) is 11.1. The minimum Gasteiger partial charge on any atom is -0.343 e. The molecule has 6 heteroatoms. The summed E-state index contributed by atoms with van der Waals surface area (Å²) in [6.07, 6.45) is 1.42. The van der Waals surface area contributed by atoms with Crippen LogP contribution >= 0.6 is 11.3 Å². The van der Waals surface area contributed by atoms with Gasteiger partial charge in [0.2, 0.25) is 11.8 Å². The molecule has 0 aliphatic carbocycles. The third kappa shape index (κ3) is 4.44. The molecule has 2 amide bonds. The molecule has 154 valence electrons. The molecule has 1 aliphatic heterocycles. The van der Waals surface area contributed by atoms with E-state index in [1.807, 2.05) is 36.4 Å². The number of anilines is 1. The minimum absolute atomic E-state index is 0.0291. The van der Waals surface area contributed by atoms with Gasteiger partial charge >= 0.3 is 0 Å². The molecule has 1 aliphatic rings. The Hall–Kier alpha value is -2.99. The fourth-order valence-electron chi connectivity index (χ4n) is 3.77. The molecule has 2 heterocycles. The summed E-state index contributed by atoms with van der Waals surface area (Å²) in [6.45, 7) is 4.98. The fraction of sp³-hybridized carbons (Fsp3) is 0.292. The number of amides is 2. The monoisotopic (exact) mass is 419 g/mol. The number of thiazole rings is 1. The number of hydrogen-bond acceptors (Lipinski definition) is 4. The number of hydrogen-bond donors (Lipinski definition) is 1. The van der Waals surface area contributed by atoms with Crippen LogP contribution in [0.15, 0.2) is 53.9 Å². The molecule has 0 radical (unpaired) electrons. The van der Waals surface area contributed by atoms with E-state index in [2.05, 4.69) is 29.8 Å². The Balaban J connectivity index is 1.40. The largest absolute Gasteiger partial charge is 0.343 e. The van der Waals surface area contributed by atoms with E-state index in [4.69, 9.17) is 4.98 Å². The number of piperidine rings is 1. The second-order valence-electron chi connectivity index (χ2n) is 7.70. The fourth-order valence-corrected chi connectivity index (χ4v) is 4.69.